The molecule has 4 heteroatoms. The third-order valence-corrected chi connectivity index (χ3v) is 3.03. The molecule has 94 valence electrons. The maximum absolute atomic E-state index is 11.3. The van der Waals surface area contributed by atoms with Crippen molar-refractivity contribution in [1.82, 2.24) is 10.2 Å². The molecule has 1 saturated heterocycles. The number of piperidine rings is 1. The van der Waals surface area contributed by atoms with Gasteiger partial charge < -0.3 is 15.0 Å². The first-order chi connectivity index (χ1) is 7.61. The molecule has 4 nitrogen and oxygen atoms in total. The number of likely N-dealkylation sites (tertiary alicyclic amines) is 1. The second-order valence-corrected chi connectivity index (χ2v) is 4.71. The van der Waals surface area contributed by atoms with Gasteiger partial charge in [0.1, 0.15) is 0 Å². The highest BCUT2D eigenvalue weighted by Gasteiger charge is 2.18. The van der Waals surface area contributed by atoms with E-state index in [9.17, 15) is 4.79 Å². The fourth-order valence-electron chi connectivity index (χ4n) is 1.99. The van der Waals surface area contributed by atoms with Crippen LogP contribution in [-0.4, -0.2) is 43.3 Å². The van der Waals surface area contributed by atoms with Crippen LogP contribution in [-0.2, 0) is 4.74 Å². The minimum atomic E-state index is -0.284. The SMILES string of the molecule is CCN1CCC(CNC(=O)OC(C)C)CC1. The molecule has 0 atom stereocenters. The normalized spacial score (nSPS) is 18.8. The van der Waals surface area contributed by atoms with E-state index in [0.717, 1.165) is 26.2 Å². The average Bonchev–Trinajstić information content (AvgIpc) is 2.26. The number of carbonyl (C=O) groups is 1. The summed E-state index contributed by atoms with van der Waals surface area (Å²) in [5.41, 5.74) is 0. The molecule has 0 saturated carbocycles. The van der Waals surface area contributed by atoms with Gasteiger partial charge in [-0.25, -0.2) is 4.79 Å². The monoisotopic (exact) mass is 228 g/mol. The number of carbonyl (C=O) groups excluding carboxylic acids is 1. The summed E-state index contributed by atoms with van der Waals surface area (Å²) in [6.07, 6.45) is 2.03. The molecule has 1 fully saturated rings. The van der Waals surface area contributed by atoms with E-state index >= 15 is 0 Å². The van der Waals surface area contributed by atoms with E-state index in [0.29, 0.717) is 5.92 Å². The Morgan fingerprint density at radius 1 is 1.44 bits per heavy atom. The van der Waals surface area contributed by atoms with E-state index < -0.39 is 0 Å². The number of nitrogens with one attached hydrogen (secondary N) is 1. The zero-order chi connectivity index (χ0) is 12.0. The first-order valence-corrected chi connectivity index (χ1v) is 6.28. The van der Waals surface area contributed by atoms with Gasteiger partial charge >= 0.3 is 6.09 Å². The summed E-state index contributed by atoms with van der Waals surface area (Å²) in [5.74, 6) is 0.613. The average molecular weight is 228 g/mol. The van der Waals surface area contributed by atoms with E-state index in [1.54, 1.807) is 0 Å². The van der Waals surface area contributed by atoms with Crippen molar-refractivity contribution in [1.29, 1.82) is 0 Å². The fourth-order valence-corrected chi connectivity index (χ4v) is 1.99. The van der Waals surface area contributed by atoms with Crippen LogP contribution in [0.4, 0.5) is 4.79 Å². The molecule has 0 aromatic heterocycles. The molecule has 16 heavy (non-hydrogen) atoms. The van der Waals surface area contributed by atoms with Gasteiger partial charge in [-0.1, -0.05) is 6.92 Å². The maximum atomic E-state index is 11.3. The lowest BCUT2D eigenvalue weighted by Gasteiger charge is -2.30. The molecule has 1 aliphatic heterocycles. The molecule has 1 rings (SSSR count). The van der Waals surface area contributed by atoms with Gasteiger partial charge in [0.25, 0.3) is 0 Å². The van der Waals surface area contributed by atoms with Crippen molar-refractivity contribution in [3.05, 3.63) is 0 Å². The summed E-state index contributed by atoms with van der Waals surface area (Å²) < 4.78 is 5.02. The molecule has 0 spiro atoms. The number of hydrogen-bond acceptors (Lipinski definition) is 3. The number of rotatable bonds is 4. The van der Waals surface area contributed by atoms with Crippen LogP contribution in [0.25, 0.3) is 0 Å². The van der Waals surface area contributed by atoms with Gasteiger partial charge in [0.15, 0.2) is 0 Å². The number of amides is 1. The zero-order valence-electron chi connectivity index (χ0n) is 10.7. The maximum Gasteiger partial charge on any atom is 0.407 e. The molecule has 0 unspecified atom stereocenters. The lowest BCUT2D eigenvalue weighted by atomic mass is 9.97. The fraction of sp³-hybridized carbons (Fsp3) is 0.917. The largest absolute Gasteiger partial charge is 0.447 e. The Hall–Kier alpha value is -0.770. The van der Waals surface area contributed by atoms with E-state index in [4.69, 9.17) is 4.74 Å². The number of alkyl carbamates (subject to hydrolysis) is 1. The Bertz CT molecular complexity index is 211. The number of ether oxygens (including phenoxy) is 1. The molecule has 1 aliphatic rings. The third kappa shape index (κ3) is 4.84. The molecule has 0 aromatic carbocycles. The summed E-state index contributed by atoms with van der Waals surface area (Å²) in [6, 6.07) is 0. The molecule has 1 amide bonds. The molecule has 1 heterocycles. The summed E-state index contributed by atoms with van der Waals surface area (Å²) in [5, 5.41) is 2.84. The Balaban J connectivity index is 2.12. The minimum absolute atomic E-state index is 0.0399. The van der Waals surface area contributed by atoms with Crippen LogP contribution in [0.1, 0.15) is 33.6 Å². The molecule has 0 bridgehead atoms. The zero-order valence-corrected chi connectivity index (χ0v) is 10.7. The van der Waals surface area contributed by atoms with Crippen LogP contribution >= 0.6 is 0 Å². The van der Waals surface area contributed by atoms with Crippen LogP contribution in [0.3, 0.4) is 0 Å². The van der Waals surface area contributed by atoms with Gasteiger partial charge in [0, 0.05) is 6.54 Å². The highest BCUT2D eigenvalue weighted by Crippen LogP contribution is 2.15. The molecular weight excluding hydrogens is 204 g/mol. The Morgan fingerprint density at radius 2 is 2.06 bits per heavy atom. The molecule has 0 aromatic rings. The first kappa shape index (κ1) is 13.3. The summed E-state index contributed by atoms with van der Waals surface area (Å²) in [4.78, 5) is 13.7. The predicted molar refractivity (Wildman–Crippen MR) is 64.5 cm³/mol. The topological polar surface area (TPSA) is 41.6 Å². The van der Waals surface area contributed by atoms with Crippen LogP contribution in [0, 0.1) is 5.92 Å². The van der Waals surface area contributed by atoms with Crippen molar-refractivity contribution in [3.8, 4) is 0 Å². The lowest BCUT2D eigenvalue weighted by molar-refractivity contribution is 0.111. The van der Waals surface area contributed by atoms with Crippen LogP contribution in [0.5, 0.6) is 0 Å². The Kier molecular flexibility index (Phi) is 5.60. The van der Waals surface area contributed by atoms with Gasteiger partial charge in [0.2, 0.25) is 0 Å². The van der Waals surface area contributed by atoms with E-state index in [1.165, 1.54) is 12.8 Å². The predicted octanol–water partition coefficient (Wildman–Crippen LogP) is 1.85. The van der Waals surface area contributed by atoms with Crippen LogP contribution in [0.2, 0.25) is 0 Å². The van der Waals surface area contributed by atoms with Gasteiger partial charge in [-0.3, -0.25) is 0 Å². The second-order valence-electron chi connectivity index (χ2n) is 4.71. The van der Waals surface area contributed by atoms with Gasteiger partial charge in [0.05, 0.1) is 6.10 Å². The van der Waals surface area contributed by atoms with Crippen LogP contribution < -0.4 is 5.32 Å². The Labute approximate surface area is 98.3 Å². The van der Waals surface area contributed by atoms with E-state index in [-0.39, 0.29) is 12.2 Å². The minimum Gasteiger partial charge on any atom is -0.447 e. The Morgan fingerprint density at radius 3 is 2.56 bits per heavy atom. The first-order valence-electron chi connectivity index (χ1n) is 6.28. The van der Waals surface area contributed by atoms with Crippen molar-refractivity contribution in [2.45, 2.75) is 39.7 Å². The van der Waals surface area contributed by atoms with Gasteiger partial charge in [-0.15, -0.1) is 0 Å². The van der Waals surface area contributed by atoms with Gasteiger partial charge in [-0.05, 0) is 52.2 Å². The lowest BCUT2D eigenvalue weighted by Crippen LogP contribution is -2.39. The standard InChI is InChI=1S/C12H24N2O2/c1-4-14-7-5-11(6-8-14)9-13-12(15)16-10(2)3/h10-11H,4-9H2,1-3H3,(H,13,15). The van der Waals surface area contributed by atoms with Gasteiger partial charge in [-0.2, -0.15) is 0 Å². The number of nitrogens with zero attached hydrogens (tertiary/aromatic N) is 1. The second kappa shape index (κ2) is 6.74. The van der Waals surface area contributed by atoms with E-state index in [2.05, 4.69) is 17.1 Å². The van der Waals surface area contributed by atoms with E-state index in [1.807, 2.05) is 13.8 Å². The summed E-state index contributed by atoms with van der Waals surface area (Å²) in [7, 11) is 0. The highest BCUT2D eigenvalue weighted by molar-refractivity contribution is 5.67. The van der Waals surface area contributed by atoms with Crippen molar-refractivity contribution >= 4 is 6.09 Å². The molecular formula is C12H24N2O2. The van der Waals surface area contributed by atoms with Crippen molar-refractivity contribution in [3.63, 3.8) is 0 Å². The summed E-state index contributed by atoms with van der Waals surface area (Å²) >= 11 is 0. The van der Waals surface area contributed by atoms with Crippen LogP contribution in [0.15, 0.2) is 0 Å². The smallest absolute Gasteiger partial charge is 0.407 e. The quantitative estimate of drug-likeness (QED) is 0.798. The van der Waals surface area contributed by atoms with Crippen molar-refractivity contribution < 1.29 is 9.53 Å². The third-order valence-electron chi connectivity index (χ3n) is 3.03. The molecule has 0 aliphatic carbocycles. The molecule has 1 N–H and O–H groups in total. The molecule has 0 radical (unpaired) electrons. The number of hydrogen-bond donors (Lipinski definition) is 1. The van der Waals surface area contributed by atoms with Crippen molar-refractivity contribution in [2.24, 2.45) is 5.92 Å². The highest BCUT2D eigenvalue weighted by atomic mass is 16.6. The van der Waals surface area contributed by atoms with Crippen molar-refractivity contribution in [2.75, 3.05) is 26.2 Å². The summed E-state index contributed by atoms with van der Waals surface area (Å²) in [6.45, 7) is 10.1.